The van der Waals surface area contributed by atoms with E-state index < -0.39 is 6.04 Å². The molecule has 3 rings (SSSR count). The Morgan fingerprint density at radius 1 is 1.03 bits per heavy atom. The third-order valence-electron chi connectivity index (χ3n) is 4.90. The maximum Gasteiger partial charge on any atom is 0.319 e. The van der Waals surface area contributed by atoms with Crippen molar-refractivity contribution in [1.82, 2.24) is 10.6 Å². The monoisotopic (exact) mass is 395 g/mol. The van der Waals surface area contributed by atoms with Gasteiger partial charge in [0.2, 0.25) is 0 Å². The minimum Gasteiger partial charge on any atom is -0.497 e. The summed E-state index contributed by atoms with van der Waals surface area (Å²) >= 11 is 0. The van der Waals surface area contributed by atoms with Gasteiger partial charge in [-0.05, 0) is 44.5 Å². The Hall–Kier alpha value is -3.48. The van der Waals surface area contributed by atoms with Crippen LogP contribution in [0.25, 0.3) is 0 Å². The second kappa shape index (κ2) is 8.26. The normalized spacial score (nSPS) is 16.0. The fourth-order valence-corrected chi connectivity index (χ4v) is 3.43. The van der Waals surface area contributed by atoms with Crippen molar-refractivity contribution in [1.29, 1.82) is 0 Å². The van der Waals surface area contributed by atoms with E-state index in [-0.39, 0.29) is 11.9 Å². The first-order valence-corrected chi connectivity index (χ1v) is 9.23. The van der Waals surface area contributed by atoms with Crippen molar-refractivity contribution < 1.29 is 19.1 Å². The number of amides is 3. The summed E-state index contributed by atoms with van der Waals surface area (Å²) in [5.41, 5.74) is 4.35. The predicted molar refractivity (Wildman–Crippen MR) is 111 cm³/mol. The zero-order chi connectivity index (χ0) is 21.1. The maximum absolute atomic E-state index is 13.2. The number of aryl methyl sites for hydroxylation is 2. The Bertz CT molecular complexity index is 998. The van der Waals surface area contributed by atoms with Crippen LogP contribution in [0.4, 0.5) is 10.5 Å². The molecule has 152 valence electrons. The highest BCUT2D eigenvalue weighted by atomic mass is 16.5. The van der Waals surface area contributed by atoms with Gasteiger partial charge in [-0.3, -0.25) is 4.79 Å². The summed E-state index contributed by atoms with van der Waals surface area (Å²) in [6.07, 6.45) is 0. The molecule has 1 heterocycles. The van der Waals surface area contributed by atoms with Crippen LogP contribution in [0.2, 0.25) is 0 Å². The number of carbonyl (C=O) groups is 2. The van der Waals surface area contributed by atoms with Crippen molar-refractivity contribution in [3.05, 3.63) is 64.4 Å². The van der Waals surface area contributed by atoms with Crippen molar-refractivity contribution >= 4 is 17.6 Å². The van der Waals surface area contributed by atoms with Crippen molar-refractivity contribution in [2.45, 2.75) is 26.8 Å². The SMILES string of the molecule is COc1ccc([C@H]2NC(=O)NC(C)=C2C(=O)Nc2ccc(C)cc2C)c(OC)c1. The van der Waals surface area contributed by atoms with E-state index in [9.17, 15) is 9.59 Å². The molecule has 1 aliphatic rings. The smallest absolute Gasteiger partial charge is 0.319 e. The van der Waals surface area contributed by atoms with Crippen LogP contribution >= 0.6 is 0 Å². The van der Waals surface area contributed by atoms with Crippen LogP contribution in [0, 0.1) is 13.8 Å². The molecule has 0 aromatic heterocycles. The fraction of sp³-hybridized carbons (Fsp3) is 0.273. The van der Waals surface area contributed by atoms with Crippen molar-refractivity contribution in [2.75, 3.05) is 19.5 Å². The van der Waals surface area contributed by atoms with E-state index in [4.69, 9.17) is 9.47 Å². The number of hydrogen-bond acceptors (Lipinski definition) is 4. The molecule has 0 bridgehead atoms. The zero-order valence-corrected chi connectivity index (χ0v) is 17.2. The number of anilines is 1. The average Bonchev–Trinajstić information content (AvgIpc) is 2.68. The number of allylic oxidation sites excluding steroid dienone is 1. The van der Waals surface area contributed by atoms with Crippen molar-refractivity contribution in [2.24, 2.45) is 0 Å². The Balaban J connectivity index is 2.01. The standard InChI is InChI=1S/C22H25N3O4/c1-12-6-9-17(13(2)10-12)24-21(26)19-14(3)23-22(27)25-20(19)16-8-7-15(28-4)11-18(16)29-5/h6-11,20H,1-5H3,(H,24,26)(H2,23,25,27)/t20-/m1/s1. The number of ether oxygens (including phenoxy) is 2. The zero-order valence-electron chi connectivity index (χ0n) is 17.2. The molecule has 0 saturated heterocycles. The molecule has 0 aliphatic carbocycles. The first kappa shape index (κ1) is 20.3. The maximum atomic E-state index is 13.2. The lowest BCUT2D eigenvalue weighted by Crippen LogP contribution is -2.46. The number of rotatable bonds is 5. The summed E-state index contributed by atoms with van der Waals surface area (Å²) in [5, 5.41) is 8.47. The van der Waals surface area contributed by atoms with Crippen molar-refractivity contribution in [3.8, 4) is 11.5 Å². The minimum absolute atomic E-state index is 0.301. The first-order chi connectivity index (χ1) is 13.8. The van der Waals surface area contributed by atoms with Crippen LogP contribution in [0.15, 0.2) is 47.7 Å². The Kier molecular flexibility index (Phi) is 5.77. The molecule has 0 fully saturated rings. The summed E-state index contributed by atoms with van der Waals surface area (Å²) < 4.78 is 10.7. The topological polar surface area (TPSA) is 88.7 Å². The molecule has 29 heavy (non-hydrogen) atoms. The van der Waals surface area contributed by atoms with Crippen LogP contribution in [0.3, 0.4) is 0 Å². The summed E-state index contributed by atoms with van der Waals surface area (Å²) in [7, 11) is 3.10. The molecule has 1 atom stereocenters. The van der Waals surface area contributed by atoms with E-state index in [0.29, 0.717) is 28.3 Å². The van der Waals surface area contributed by atoms with Crippen LogP contribution in [0.1, 0.15) is 29.7 Å². The van der Waals surface area contributed by atoms with Gasteiger partial charge in [-0.2, -0.15) is 0 Å². The Labute approximate surface area is 170 Å². The lowest BCUT2D eigenvalue weighted by Gasteiger charge is -2.29. The molecule has 7 nitrogen and oxygen atoms in total. The molecule has 0 spiro atoms. The second-order valence-electron chi connectivity index (χ2n) is 6.95. The van der Waals surface area contributed by atoms with Crippen molar-refractivity contribution in [3.63, 3.8) is 0 Å². The molecule has 0 radical (unpaired) electrons. The number of hydrogen-bond donors (Lipinski definition) is 3. The van der Waals surface area contributed by atoms with Gasteiger partial charge in [-0.1, -0.05) is 17.7 Å². The van der Waals surface area contributed by atoms with Crippen LogP contribution in [0.5, 0.6) is 11.5 Å². The molecule has 0 unspecified atom stereocenters. The molecular weight excluding hydrogens is 370 g/mol. The van der Waals surface area contributed by atoms with E-state index in [2.05, 4.69) is 16.0 Å². The molecule has 2 aromatic carbocycles. The molecule has 3 amide bonds. The minimum atomic E-state index is -0.671. The predicted octanol–water partition coefficient (Wildman–Crippen LogP) is 3.59. The van der Waals surface area contributed by atoms with E-state index in [1.165, 1.54) is 7.11 Å². The second-order valence-corrected chi connectivity index (χ2v) is 6.95. The van der Waals surface area contributed by atoms with Gasteiger partial charge in [0.25, 0.3) is 5.91 Å². The molecule has 0 saturated carbocycles. The summed E-state index contributed by atoms with van der Waals surface area (Å²) in [6, 6.07) is 10.0. The van der Waals surface area contributed by atoms with Gasteiger partial charge < -0.3 is 25.4 Å². The molecular formula is C22H25N3O4. The number of carbonyl (C=O) groups excluding carboxylic acids is 2. The third kappa shape index (κ3) is 4.18. The van der Waals surface area contributed by atoms with Gasteiger partial charge >= 0.3 is 6.03 Å². The number of nitrogens with one attached hydrogen (secondary N) is 3. The van der Waals surface area contributed by atoms with E-state index in [1.807, 2.05) is 32.0 Å². The Morgan fingerprint density at radius 2 is 1.79 bits per heavy atom. The number of urea groups is 1. The molecule has 1 aliphatic heterocycles. The lowest BCUT2D eigenvalue weighted by molar-refractivity contribution is -0.113. The highest BCUT2D eigenvalue weighted by Gasteiger charge is 2.33. The first-order valence-electron chi connectivity index (χ1n) is 9.23. The quantitative estimate of drug-likeness (QED) is 0.722. The molecule has 2 aromatic rings. The highest BCUT2D eigenvalue weighted by molar-refractivity contribution is 6.07. The van der Waals surface area contributed by atoms with Gasteiger partial charge in [0, 0.05) is 23.0 Å². The summed E-state index contributed by atoms with van der Waals surface area (Å²) in [5.74, 6) is 0.832. The lowest BCUT2D eigenvalue weighted by atomic mass is 9.93. The van der Waals surface area contributed by atoms with Gasteiger partial charge in [0.1, 0.15) is 11.5 Å². The van der Waals surface area contributed by atoms with Gasteiger partial charge in [-0.25, -0.2) is 4.79 Å². The van der Waals surface area contributed by atoms with Crippen LogP contribution in [-0.4, -0.2) is 26.2 Å². The Morgan fingerprint density at radius 3 is 2.45 bits per heavy atom. The number of benzene rings is 2. The van der Waals surface area contributed by atoms with E-state index in [0.717, 1.165) is 16.8 Å². The average molecular weight is 395 g/mol. The van der Waals surface area contributed by atoms with Gasteiger partial charge in [0.15, 0.2) is 0 Å². The highest BCUT2D eigenvalue weighted by Crippen LogP contribution is 2.35. The largest absolute Gasteiger partial charge is 0.497 e. The van der Waals surface area contributed by atoms with Gasteiger partial charge in [0.05, 0.1) is 25.8 Å². The number of methoxy groups -OCH3 is 2. The van der Waals surface area contributed by atoms with Crippen LogP contribution in [-0.2, 0) is 4.79 Å². The van der Waals surface area contributed by atoms with Gasteiger partial charge in [-0.15, -0.1) is 0 Å². The van der Waals surface area contributed by atoms with E-state index in [1.54, 1.807) is 32.2 Å². The molecule has 3 N–H and O–H groups in total. The molecule has 7 heteroatoms. The summed E-state index contributed by atoms with van der Waals surface area (Å²) in [4.78, 5) is 25.3. The third-order valence-corrected chi connectivity index (χ3v) is 4.90. The summed E-state index contributed by atoms with van der Waals surface area (Å²) in [6.45, 7) is 5.64. The van der Waals surface area contributed by atoms with E-state index >= 15 is 0 Å². The fourth-order valence-electron chi connectivity index (χ4n) is 3.43. The van der Waals surface area contributed by atoms with Crippen LogP contribution < -0.4 is 25.4 Å².